The van der Waals surface area contributed by atoms with Gasteiger partial charge in [0.15, 0.2) is 5.82 Å². The first kappa shape index (κ1) is 33.4. The summed E-state index contributed by atoms with van der Waals surface area (Å²) in [4.78, 5) is 18.5. The topological polar surface area (TPSA) is 83.8 Å². The lowest BCUT2D eigenvalue weighted by Gasteiger charge is -2.34. The summed E-state index contributed by atoms with van der Waals surface area (Å²) >= 11 is 0. The molecule has 4 aliphatic rings. The van der Waals surface area contributed by atoms with Gasteiger partial charge in [-0.05, 0) is 84.7 Å². The van der Waals surface area contributed by atoms with E-state index in [2.05, 4.69) is 14.8 Å². The lowest BCUT2D eigenvalue weighted by atomic mass is 9.94. The van der Waals surface area contributed by atoms with Gasteiger partial charge < -0.3 is 19.5 Å². The van der Waals surface area contributed by atoms with Gasteiger partial charge >= 0.3 is 6.01 Å². The number of pyridine rings is 1. The normalized spacial score (nSPS) is 25.7. The van der Waals surface area contributed by atoms with Crippen molar-refractivity contribution in [3.63, 3.8) is 0 Å². The average Bonchev–Trinajstić information content (AvgIpc) is 3.77. The van der Waals surface area contributed by atoms with Crippen LogP contribution in [0.15, 0.2) is 60.8 Å². The van der Waals surface area contributed by atoms with Crippen LogP contribution in [0.4, 0.5) is 19.0 Å². The predicted molar refractivity (Wildman–Crippen MR) is 193 cm³/mol. The molecule has 1 N–H and O–H groups in total. The Morgan fingerprint density at radius 3 is 2.69 bits per heavy atom. The van der Waals surface area contributed by atoms with Gasteiger partial charge in [-0.3, -0.25) is 9.88 Å². The van der Waals surface area contributed by atoms with Crippen LogP contribution in [0.5, 0.6) is 11.8 Å². The fourth-order valence-corrected chi connectivity index (χ4v) is 9.41. The van der Waals surface area contributed by atoms with Crippen LogP contribution in [0, 0.1) is 23.5 Å². The summed E-state index contributed by atoms with van der Waals surface area (Å²) in [5.74, 6) is 0.327. The van der Waals surface area contributed by atoms with E-state index < -0.39 is 17.5 Å². The molecule has 8 nitrogen and oxygen atoms in total. The van der Waals surface area contributed by atoms with E-state index >= 15 is 8.78 Å². The molecule has 0 amide bonds. The van der Waals surface area contributed by atoms with Gasteiger partial charge in [-0.15, -0.1) is 0 Å². The van der Waals surface area contributed by atoms with Crippen molar-refractivity contribution in [2.45, 2.75) is 69.9 Å². The second-order valence-corrected chi connectivity index (χ2v) is 15.2. The molecule has 5 aromatic rings. The minimum absolute atomic E-state index is 0.0179. The van der Waals surface area contributed by atoms with E-state index in [1.165, 1.54) is 6.07 Å². The number of anilines is 1. The molecule has 52 heavy (non-hydrogen) atoms. The zero-order chi connectivity index (χ0) is 35.6. The minimum Gasteiger partial charge on any atom is -0.489 e. The highest BCUT2D eigenvalue weighted by Crippen LogP contribution is 2.44. The van der Waals surface area contributed by atoms with E-state index in [9.17, 15) is 9.50 Å². The number of fused-ring (bicyclic) bond motifs is 5. The van der Waals surface area contributed by atoms with Crippen molar-refractivity contribution >= 4 is 27.5 Å². The summed E-state index contributed by atoms with van der Waals surface area (Å²) < 4.78 is 59.8. The molecule has 3 aliphatic heterocycles. The number of aliphatic hydroxyl groups is 1. The predicted octanol–water partition coefficient (Wildman–Crippen LogP) is 7.43. The Kier molecular flexibility index (Phi) is 8.46. The van der Waals surface area contributed by atoms with E-state index in [0.29, 0.717) is 83.9 Å². The summed E-state index contributed by atoms with van der Waals surface area (Å²) in [6.07, 6.45) is 4.50. The fraction of sp³-hybridized carbons (Fsp3) is 0.439. The van der Waals surface area contributed by atoms with Crippen LogP contribution in [-0.2, 0) is 13.0 Å². The van der Waals surface area contributed by atoms with Crippen LogP contribution in [0.2, 0.25) is 0 Å². The van der Waals surface area contributed by atoms with E-state index in [1.54, 1.807) is 18.3 Å². The molecular formula is C41H42F3N5O3. The number of piperidine rings is 1. The van der Waals surface area contributed by atoms with Crippen LogP contribution < -0.4 is 14.4 Å². The third-order valence-corrected chi connectivity index (χ3v) is 11.9. The molecule has 270 valence electrons. The highest BCUT2D eigenvalue weighted by atomic mass is 19.1. The van der Waals surface area contributed by atoms with Gasteiger partial charge in [0, 0.05) is 43.7 Å². The molecule has 1 aliphatic carbocycles. The number of benzene rings is 3. The number of rotatable bonds is 9. The molecule has 3 aromatic carbocycles. The summed E-state index contributed by atoms with van der Waals surface area (Å²) in [5.41, 5.74) is 1.46. The molecule has 2 bridgehead atoms. The van der Waals surface area contributed by atoms with Gasteiger partial charge in [0.2, 0.25) is 0 Å². The molecule has 4 fully saturated rings. The van der Waals surface area contributed by atoms with Crippen LogP contribution in [-0.4, -0.2) is 75.6 Å². The number of hydrogen-bond donors (Lipinski definition) is 1. The van der Waals surface area contributed by atoms with Crippen LogP contribution in [0.3, 0.4) is 0 Å². The summed E-state index contributed by atoms with van der Waals surface area (Å²) in [6.45, 7) is 4.81. The number of aliphatic hydroxyl groups excluding tert-OH is 1. The molecule has 9 rings (SSSR count). The Morgan fingerprint density at radius 1 is 1.00 bits per heavy atom. The molecule has 0 spiro atoms. The molecule has 0 radical (unpaired) electrons. The van der Waals surface area contributed by atoms with Gasteiger partial charge in [0.05, 0.1) is 17.0 Å². The Labute approximate surface area is 300 Å². The number of halogens is 3. The van der Waals surface area contributed by atoms with E-state index in [-0.39, 0.29) is 41.7 Å². The summed E-state index contributed by atoms with van der Waals surface area (Å²) in [7, 11) is 0. The first-order chi connectivity index (χ1) is 25.3. The number of aryl methyl sites for hydroxylation is 1. The van der Waals surface area contributed by atoms with E-state index in [4.69, 9.17) is 19.4 Å². The van der Waals surface area contributed by atoms with Crippen molar-refractivity contribution in [2.75, 3.05) is 37.7 Å². The standard InChI is InChI=1S/C41H42F3N5O3/c1-2-30-33(43)10-9-26-15-29(51-22-24-7-4-3-5-8-24)16-31(35(26)30)37-36(44)38-32(18-45-37)39(48-19-25-13-27(20-48)34(50)14-25)47-40(46-38)52-23-41-11-6-12-49(41)21-28(42)17-41/h3-5,7-10,15-16,18,25,27-28,34,50H,2,6,11-14,17,19-23H2,1H3/t25-,27-,28-,34-,41+/m1/s1. The van der Waals surface area contributed by atoms with Gasteiger partial charge in [0.1, 0.15) is 48.0 Å². The third-order valence-electron chi connectivity index (χ3n) is 11.9. The largest absolute Gasteiger partial charge is 0.489 e. The summed E-state index contributed by atoms with van der Waals surface area (Å²) in [5, 5.41) is 12.4. The van der Waals surface area contributed by atoms with Crippen molar-refractivity contribution in [1.82, 2.24) is 19.9 Å². The second-order valence-electron chi connectivity index (χ2n) is 15.2. The van der Waals surface area contributed by atoms with Crippen LogP contribution >= 0.6 is 0 Å². The van der Waals surface area contributed by atoms with Crippen molar-refractivity contribution in [2.24, 2.45) is 11.8 Å². The third kappa shape index (κ3) is 5.82. The van der Waals surface area contributed by atoms with Gasteiger partial charge in [-0.25, -0.2) is 13.2 Å². The van der Waals surface area contributed by atoms with Crippen molar-refractivity contribution < 1.29 is 27.8 Å². The Bertz CT molecular complexity index is 2150. The molecule has 5 atom stereocenters. The number of ether oxygens (including phenoxy) is 2. The zero-order valence-corrected chi connectivity index (χ0v) is 29.2. The zero-order valence-electron chi connectivity index (χ0n) is 29.2. The Morgan fingerprint density at radius 2 is 1.87 bits per heavy atom. The highest BCUT2D eigenvalue weighted by molar-refractivity contribution is 6.01. The Hall–Kier alpha value is -4.48. The van der Waals surface area contributed by atoms with Crippen LogP contribution in [0.25, 0.3) is 32.9 Å². The van der Waals surface area contributed by atoms with E-state index in [0.717, 1.165) is 37.8 Å². The van der Waals surface area contributed by atoms with Gasteiger partial charge in [-0.1, -0.05) is 43.3 Å². The van der Waals surface area contributed by atoms with Gasteiger partial charge in [0.25, 0.3) is 0 Å². The molecule has 3 saturated heterocycles. The number of alkyl halides is 1. The molecular weight excluding hydrogens is 667 g/mol. The van der Waals surface area contributed by atoms with Gasteiger partial charge in [-0.2, -0.15) is 9.97 Å². The fourth-order valence-electron chi connectivity index (χ4n) is 9.41. The molecule has 5 heterocycles. The van der Waals surface area contributed by atoms with Crippen molar-refractivity contribution in [3.05, 3.63) is 83.6 Å². The number of nitrogens with zero attached hydrogens (tertiary/aromatic N) is 5. The maximum atomic E-state index is 17.3. The smallest absolute Gasteiger partial charge is 0.319 e. The Balaban J connectivity index is 1.17. The number of aromatic nitrogens is 3. The lowest BCUT2D eigenvalue weighted by Crippen LogP contribution is -2.43. The molecule has 2 aromatic heterocycles. The first-order valence-electron chi connectivity index (χ1n) is 18.5. The molecule has 11 heteroatoms. The van der Waals surface area contributed by atoms with Crippen molar-refractivity contribution in [3.8, 4) is 23.0 Å². The monoisotopic (exact) mass is 709 g/mol. The minimum atomic E-state index is -0.918. The quantitative estimate of drug-likeness (QED) is 0.169. The van der Waals surface area contributed by atoms with Crippen LogP contribution in [0.1, 0.15) is 50.2 Å². The molecule has 1 saturated carbocycles. The van der Waals surface area contributed by atoms with Crippen molar-refractivity contribution in [1.29, 1.82) is 0 Å². The average molecular weight is 710 g/mol. The first-order valence-corrected chi connectivity index (χ1v) is 18.5. The summed E-state index contributed by atoms with van der Waals surface area (Å²) in [6, 6.07) is 16.5. The lowest BCUT2D eigenvalue weighted by molar-refractivity contribution is 0.107. The second kappa shape index (κ2) is 13.2. The maximum Gasteiger partial charge on any atom is 0.319 e. The van der Waals surface area contributed by atoms with E-state index in [1.807, 2.05) is 43.3 Å². The SMILES string of the molecule is CCc1c(F)ccc2cc(OCc3ccccc3)cc(-c3ncc4c(N5C[C@@H]6C[C@H](C5)[C@H](O)C6)nc(OC[C@@]56CCCN5C[C@H](F)C6)nc4c3F)c12. The molecule has 0 unspecified atom stereocenters. The maximum absolute atomic E-state index is 17.3. The number of hydrogen-bond acceptors (Lipinski definition) is 8. The highest BCUT2D eigenvalue weighted by Gasteiger charge is 2.49.